The Labute approximate surface area is 143 Å². The maximum Gasteiger partial charge on any atom is 0.222 e. The highest BCUT2D eigenvalue weighted by Crippen LogP contribution is 2.21. The molecular formula is C19H25N5. The number of likely N-dealkylation sites (tertiary alicyclic amines) is 1. The standard InChI is InChI=1S/C19H25N5/c1-2-4-15(5-3-1)10-20-19-21-11-16(12-22-19)13-24-9-8-17-6-7-18(14-24)23-17/h1-5,11-12,17-18,23H,6-10,13-14H2,(H,20,21,22)/t17-,18+/m0/s1. The molecule has 2 N–H and O–H groups in total. The Morgan fingerprint density at radius 2 is 1.79 bits per heavy atom. The van der Waals surface area contributed by atoms with E-state index in [9.17, 15) is 0 Å². The monoisotopic (exact) mass is 323 g/mol. The van der Waals surface area contributed by atoms with Gasteiger partial charge < -0.3 is 10.6 Å². The Morgan fingerprint density at radius 3 is 2.62 bits per heavy atom. The number of aromatic nitrogens is 2. The Bertz CT molecular complexity index is 643. The van der Waals surface area contributed by atoms with Crippen LogP contribution in [0.3, 0.4) is 0 Å². The molecule has 2 bridgehead atoms. The van der Waals surface area contributed by atoms with Gasteiger partial charge in [0, 0.05) is 56.2 Å². The normalized spacial score (nSPS) is 23.8. The molecule has 4 rings (SSSR count). The fourth-order valence-corrected chi connectivity index (χ4v) is 3.72. The van der Waals surface area contributed by atoms with E-state index in [1.807, 2.05) is 30.6 Å². The van der Waals surface area contributed by atoms with Crippen molar-refractivity contribution in [3.05, 3.63) is 53.9 Å². The Balaban J connectivity index is 1.30. The molecule has 0 aliphatic carbocycles. The molecule has 1 aromatic carbocycles. The fourth-order valence-electron chi connectivity index (χ4n) is 3.72. The van der Waals surface area contributed by atoms with Gasteiger partial charge in [0.05, 0.1) is 0 Å². The minimum Gasteiger partial charge on any atom is -0.350 e. The highest BCUT2D eigenvalue weighted by atomic mass is 15.2. The molecular weight excluding hydrogens is 298 g/mol. The third-order valence-corrected chi connectivity index (χ3v) is 5.01. The minimum atomic E-state index is 0.672. The molecule has 0 radical (unpaired) electrons. The molecule has 0 spiro atoms. The predicted molar refractivity (Wildman–Crippen MR) is 95.6 cm³/mol. The van der Waals surface area contributed by atoms with E-state index in [1.54, 1.807) is 0 Å². The number of hydrogen-bond acceptors (Lipinski definition) is 5. The van der Waals surface area contributed by atoms with Crippen molar-refractivity contribution >= 4 is 5.95 Å². The average Bonchev–Trinajstić information content (AvgIpc) is 2.97. The summed E-state index contributed by atoms with van der Waals surface area (Å²) in [5, 5.41) is 7.00. The molecule has 0 saturated carbocycles. The second-order valence-corrected chi connectivity index (χ2v) is 6.92. The van der Waals surface area contributed by atoms with Crippen LogP contribution < -0.4 is 10.6 Å². The number of fused-ring (bicyclic) bond motifs is 2. The van der Waals surface area contributed by atoms with Gasteiger partial charge in [0.15, 0.2) is 0 Å². The lowest BCUT2D eigenvalue weighted by Gasteiger charge is -2.23. The van der Waals surface area contributed by atoms with Crippen molar-refractivity contribution < 1.29 is 0 Å². The topological polar surface area (TPSA) is 53.1 Å². The van der Waals surface area contributed by atoms with Crippen LogP contribution in [0, 0.1) is 0 Å². The molecule has 2 aliphatic heterocycles. The summed E-state index contributed by atoms with van der Waals surface area (Å²) >= 11 is 0. The van der Waals surface area contributed by atoms with Crippen LogP contribution in [0.25, 0.3) is 0 Å². The molecule has 0 unspecified atom stereocenters. The summed E-state index contributed by atoms with van der Waals surface area (Å²) in [4.78, 5) is 11.5. The molecule has 2 aromatic rings. The quantitative estimate of drug-likeness (QED) is 0.885. The third kappa shape index (κ3) is 3.91. The second kappa shape index (κ2) is 7.28. The van der Waals surface area contributed by atoms with Crippen LogP contribution in [-0.4, -0.2) is 40.0 Å². The van der Waals surface area contributed by atoms with Crippen molar-refractivity contribution in [1.29, 1.82) is 0 Å². The SMILES string of the molecule is c1ccc(CNc2ncc(CN3CC[C@@H]4CC[C@H](C3)N4)cn2)cc1. The summed E-state index contributed by atoms with van der Waals surface area (Å²) in [6, 6.07) is 11.7. The van der Waals surface area contributed by atoms with E-state index in [1.165, 1.54) is 36.9 Å². The summed E-state index contributed by atoms with van der Waals surface area (Å²) < 4.78 is 0. The number of rotatable bonds is 5. The van der Waals surface area contributed by atoms with Crippen molar-refractivity contribution in [3.8, 4) is 0 Å². The van der Waals surface area contributed by atoms with Gasteiger partial charge in [-0.3, -0.25) is 4.90 Å². The van der Waals surface area contributed by atoms with Gasteiger partial charge in [-0.2, -0.15) is 0 Å². The highest BCUT2D eigenvalue weighted by Gasteiger charge is 2.29. The van der Waals surface area contributed by atoms with Crippen LogP contribution >= 0.6 is 0 Å². The van der Waals surface area contributed by atoms with Crippen molar-refractivity contribution in [3.63, 3.8) is 0 Å². The lowest BCUT2D eigenvalue weighted by molar-refractivity contribution is 0.250. The zero-order valence-corrected chi connectivity index (χ0v) is 14.0. The summed E-state index contributed by atoms with van der Waals surface area (Å²) in [6.07, 6.45) is 7.84. The number of anilines is 1. The predicted octanol–water partition coefficient (Wildman–Crippen LogP) is 2.42. The van der Waals surface area contributed by atoms with E-state index in [-0.39, 0.29) is 0 Å². The van der Waals surface area contributed by atoms with E-state index >= 15 is 0 Å². The van der Waals surface area contributed by atoms with Crippen LogP contribution in [0.1, 0.15) is 30.4 Å². The zero-order valence-electron chi connectivity index (χ0n) is 14.0. The molecule has 0 amide bonds. The molecule has 24 heavy (non-hydrogen) atoms. The maximum atomic E-state index is 4.47. The van der Waals surface area contributed by atoms with Gasteiger partial charge in [0.1, 0.15) is 0 Å². The van der Waals surface area contributed by atoms with Gasteiger partial charge in [0.25, 0.3) is 0 Å². The van der Waals surface area contributed by atoms with Gasteiger partial charge >= 0.3 is 0 Å². The Hall–Kier alpha value is -1.98. The number of nitrogens with one attached hydrogen (secondary N) is 2. The maximum absolute atomic E-state index is 4.47. The molecule has 2 fully saturated rings. The fraction of sp³-hybridized carbons (Fsp3) is 0.474. The lowest BCUT2D eigenvalue weighted by atomic mass is 10.1. The van der Waals surface area contributed by atoms with Crippen LogP contribution in [0.15, 0.2) is 42.7 Å². The highest BCUT2D eigenvalue weighted by molar-refractivity contribution is 5.27. The van der Waals surface area contributed by atoms with Gasteiger partial charge in [-0.1, -0.05) is 30.3 Å². The van der Waals surface area contributed by atoms with Crippen LogP contribution in [0.2, 0.25) is 0 Å². The smallest absolute Gasteiger partial charge is 0.222 e. The summed E-state index contributed by atoms with van der Waals surface area (Å²) in [5.74, 6) is 0.694. The van der Waals surface area contributed by atoms with Gasteiger partial charge in [-0.15, -0.1) is 0 Å². The minimum absolute atomic E-state index is 0.672. The first-order valence-electron chi connectivity index (χ1n) is 8.92. The Kier molecular flexibility index (Phi) is 4.71. The first-order valence-corrected chi connectivity index (χ1v) is 8.92. The van der Waals surface area contributed by atoms with Crippen molar-refractivity contribution in [1.82, 2.24) is 20.2 Å². The Morgan fingerprint density at radius 1 is 1.00 bits per heavy atom. The van der Waals surface area contributed by atoms with Crippen LogP contribution in [-0.2, 0) is 13.1 Å². The van der Waals surface area contributed by atoms with Gasteiger partial charge in [0.2, 0.25) is 5.95 Å². The first kappa shape index (κ1) is 15.5. The largest absolute Gasteiger partial charge is 0.350 e. The summed E-state index contributed by atoms with van der Waals surface area (Å²) in [7, 11) is 0. The van der Waals surface area contributed by atoms with Gasteiger partial charge in [-0.25, -0.2) is 9.97 Å². The third-order valence-electron chi connectivity index (χ3n) is 5.01. The second-order valence-electron chi connectivity index (χ2n) is 6.92. The van der Waals surface area contributed by atoms with Gasteiger partial charge in [-0.05, 0) is 24.8 Å². The van der Waals surface area contributed by atoms with Crippen molar-refractivity contribution in [2.75, 3.05) is 18.4 Å². The summed E-state index contributed by atoms with van der Waals surface area (Å²) in [6.45, 7) is 4.01. The van der Waals surface area contributed by atoms with Crippen LogP contribution in [0.4, 0.5) is 5.95 Å². The van der Waals surface area contributed by atoms with Crippen molar-refractivity contribution in [2.24, 2.45) is 0 Å². The van der Waals surface area contributed by atoms with E-state index in [0.717, 1.165) is 25.7 Å². The van der Waals surface area contributed by atoms with E-state index in [2.05, 4.69) is 37.6 Å². The molecule has 2 aliphatic rings. The molecule has 1 aromatic heterocycles. The van der Waals surface area contributed by atoms with Crippen molar-refractivity contribution in [2.45, 2.75) is 44.4 Å². The molecule has 3 heterocycles. The van der Waals surface area contributed by atoms with E-state index < -0.39 is 0 Å². The zero-order chi connectivity index (χ0) is 16.2. The molecule has 2 saturated heterocycles. The molecule has 5 heteroatoms. The average molecular weight is 323 g/mol. The first-order chi connectivity index (χ1) is 11.8. The molecule has 2 atom stereocenters. The molecule has 126 valence electrons. The van der Waals surface area contributed by atoms with E-state index in [0.29, 0.717) is 12.0 Å². The van der Waals surface area contributed by atoms with E-state index in [4.69, 9.17) is 0 Å². The van der Waals surface area contributed by atoms with Crippen LogP contribution in [0.5, 0.6) is 0 Å². The molecule has 5 nitrogen and oxygen atoms in total. The summed E-state index contributed by atoms with van der Waals surface area (Å²) in [5.41, 5.74) is 2.43. The lowest BCUT2D eigenvalue weighted by Crippen LogP contribution is -2.35. The number of hydrogen-bond donors (Lipinski definition) is 2. The number of nitrogens with zero attached hydrogens (tertiary/aromatic N) is 3. The number of benzene rings is 1.